The number of carbonyl (C=O) groups is 2. The lowest BCUT2D eigenvalue weighted by molar-refractivity contribution is -0.144. The first kappa shape index (κ1) is 28.7. The molecule has 0 aliphatic heterocycles. The number of fused-ring (bicyclic) bond motifs is 1. The van der Waals surface area contributed by atoms with Crippen LogP contribution in [-0.4, -0.2) is 46.2 Å². The van der Waals surface area contributed by atoms with Crippen molar-refractivity contribution in [2.75, 3.05) is 19.6 Å². The maximum atomic E-state index is 13.7. The van der Waals surface area contributed by atoms with Crippen molar-refractivity contribution < 1.29 is 22.8 Å². The van der Waals surface area contributed by atoms with Gasteiger partial charge in [0.15, 0.2) is 0 Å². The first-order chi connectivity index (χ1) is 18.8. The Bertz CT molecular complexity index is 1230. The first-order valence-electron chi connectivity index (χ1n) is 14.0. The molecule has 3 aromatic rings. The number of nitrogens with one attached hydrogen (secondary N) is 1. The van der Waals surface area contributed by atoms with E-state index in [4.69, 9.17) is 0 Å². The van der Waals surface area contributed by atoms with Gasteiger partial charge in [0.05, 0.1) is 12.1 Å². The number of benzene rings is 2. The zero-order chi connectivity index (χ0) is 27.8. The molecule has 1 aromatic heterocycles. The zero-order valence-electron chi connectivity index (χ0n) is 22.6. The van der Waals surface area contributed by atoms with Crippen LogP contribution in [0.2, 0.25) is 0 Å². The number of nitrogens with zero attached hydrogens (tertiary/aromatic N) is 2. The minimum Gasteiger partial charge on any atom is -0.361 e. The van der Waals surface area contributed by atoms with E-state index in [2.05, 4.69) is 11.9 Å². The molecule has 2 amide bonds. The van der Waals surface area contributed by atoms with Gasteiger partial charge in [0, 0.05) is 42.7 Å². The van der Waals surface area contributed by atoms with Crippen LogP contribution in [0.3, 0.4) is 0 Å². The van der Waals surface area contributed by atoms with Crippen LogP contribution < -0.4 is 0 Å². The summed E-state index contributed by atoms with van der Waals surface area (Å²) in [6.07, 6.45) is 4.80. The fraction of sp³-hybridized carbons (Fsp3) is 0.484. The number of para-hydroxylation sites is 1. The van der Waals surface area contributed by atoms with Gasteiger partial charge in [0.2, 0.25) is 11.8 Å². The zero-order valence-corrected chi connectivity index (χ0v) is 22.6. The third kappa shape index (κ3) is 7.64. The van der Waals surface area contributed by atoms with Crippen LogP contribution in [0.4, 0.5) is 13.2 Å². The van der Waals surface area contributed by atoms with E-state index in [0.717, 1.165) is 73.5 Å². The van der Waals surface area contributed by atoms with Crippen molar-refractivity contribution in [3.05, 3.63) is 71.4 Å². The van der Waals surface area contributed by atoms with Gasteiger partial charge in [-0.2, -0.15) is 13.2 Å². The van der Waals surface area contributed by atoms with Crippen molar-refractivity contribution in [2.24, 2.45) is 5.92 Å². The highest BCUT2D eigenvalue weighted by atomic mass is 19.4. The predicted molar refractivity (Wildman–Crippen MR) is 147 cm³/mol. The number of hydrogen-bond acceptors (Lipinski definition) is 2. The van der Waals surface area contributed by atoms with E-state index in [1.165, 1.54) is 12.1 Å². The van der Waals surface area contributed by atoms with Crippen LogP contribution >= 0.6 is 0 Å². The molecule has 210 valence electrons. The molecule has 1 aliphatic carbocycles. The van der Waals surface area contributed by atoms with E-state index < -0.39 is 11.7 Å². The Morgan fingerprint density at radius 2 is 1.67 bits per heavy atom. The van der Waals surface area contributed by atoms with Gasteiger partial charge in [-0.05, 0) is 55.0 Å². The molecule has 39 heavy (non-hydrogen) atoms. The minimum atomic E-state index is -4.41. The fourth-order valence-corrected chi connectivity index (χ4v) is 5.39. The Labute approximate surface area is 228 Å². The lowest BCUT2D eigenvalue weighted by Crippen LogP contribution is -2.46. The topological polar surface area (TPSA) is 56.4 Å². The van der Waals surface area contributed by atoms with E-state index in [0.29, 0.717) is 25.1 Å². The number of hydrogen-bond donors (Lipinski definition) is 1. The summed E-state index contributed by atoms with van der Waals surface area (Å²) >= 11 is 0. The maximum absolute atomic E-state index is 13.7. The van der Waals surface area contributed by atoms with Crippen molar-refractivity contribution in [3.63, 3.8) is 0 Å². The maximum Gasteiger partial charge on any atom is 0.416 e. The molecule has 0 unspecified atom stereocenters. The van der Waals surface area contributed by atoms with Crippen molar-refractivity contribution >= 4 is 22.7 Å². The number of alkyl halides is 3. The van der Waals surface area contributed by atoms with Crippen LogP contribution in [0.25, 0.3) is 10.9 Å². The summed E-state index contributed by atoms with van der Waals surface area (Å²) < 4.78 is 39.3. The molecule has 1 saturated carbocycles. The number of aromatic amines is 1. The summed E-state index contributed by atoms with van der Waals surface area (Å²) in [6.45, 7) is 3.15. The summed E-state index contributed by atoms with van der Waals surface area (Å²) in [5.41, 5.74) is 1.98. The Morgan fingerprint density at radius 3 is 2.36 bits per heavy atom. The van der Waals surface area contributed by atoms with Crippen LogP contribution in [-0.2, 0) is 28.7 Å². The Balaban J connectivity index is 1.52. The van der Waals surface area contributed by atoms with Crippen molar-refractivity contribution in [3.8, 4) is 0 Å². The number of unbranched alkanes of at least 4 members (excludes halogenated alkanes) is 1. The highest BCUT2D eigenvalue weighted by Crippen LogP contribution is 2.29. The molecule has 1 aliphatic rings. The second-order valence-corrected chi connectivity index (χ2v) is 10.6. The molecule has 0 saturated heterocycles. The number of aromatic nitrogens is 1. The average Bonchev–Trinajstić information content (AvgIpc) is 3.36. The van der Waals surface area contributed by atoms with E-state index >= 15 is 0 Å². The van der Waals surface area contributed by atoms with E-state index in [1.54, 1.807) is 9.80 Å². The van der Waals surface area contributed by atoms with Crippen LogP contribution in [0.1, 0.15) is 68.6 Å². The average molecular weight is 542 g/mol. The highest BCUT2D eigenvalue weighted by molar-refractivity contribution is 5.86. The summed E-state index contributed by atoms with van der Waals surface area (Å²) in [4.78, 5) is 33.7. The van der Waals surface area contributed by atoms with E-state index in [9.17, 15) is 22.8 Å². The van der Waals surface area contributed by atoms with E-state index in [1.807, 2.05) is 30.5 Å². The van der Waals surface area contributed by atoms with Crippen LogP contribution in [0.5, 0.6) is 0 Å². The predicted octanol–water partition coefficient (Wildman–Crippen LogP) is 6.97. The molecular weight excluding hydrogens is 503 g/mol. The lowest BCUT2D eigenvalue weighted by Gasteiger charge is -2.31. The number of carbonyl (C=O) groups excluding carboxylic acids is 2. The molecular formula is C31H38F3N3O2. The number of rotatable bonds is 11. The van der Waals surface area contributed by atoms with Gasteiger partial charge in [-0.25, -0.2) is 0 Å². The Morgan fingerprint density at radius 1 is 0.949 bits per heavy atom. The van der Waals surface area contributed by atoms with Gasteiger partial charge in [-0.15, -0.1) is 0 Å². The van der Waals surface area contributed by atoms with Crippen LogP contribution in [0.15, 0.2) is 54.7 Å². The standard InChI is InChI=1S/C31H38F3N3O2/c1-2-3-18-37(30(39)24-9-5-4-6-10-24)22-29(38)36(21-23-13-15-26(16-14-23)31(32,33)34)19-17-25-20-35-28-12-8-7-11-27(25)28/h7-8,11-16,20,24,35H,2-6,9-10,17-19,21-22H2,1H3. The summed E-state index contributed by atoms with van der Waals surface area (Å²) in [5, 5.41) is 1.08. The van der Waals surface area contributed by atoms with Gasteiger partial charge < -0.3 is 14.8 Å². The highest BCUT2D eigenvalue weighted by Gasteiger charge is 2.31. The molecule has 0 spiro atoms. The number of halogens is 3. The Kier molecular flexibility index (Phi) is 9.70. The third-order valence-electron chi connectivity index (χ3n) is 7.71. The van der Waals surface area contributed by atoms with Crippen molar-refractivity contribution in [1.82, 2.24) is 14.8 Å². The molecule has 0 radical (unpaired) electrons. The molecule has 8 heteroatoms. The normalized spacial score (nSPS) is 14.5. The quantitative estimate of drug-likeness (QED) is 0.285. The van der Waals surface area contributed by atoms with Gasteiger partial charge in [0.25, 0.3) is 0 Å². The smallest absolute Gasteiger partial charge is 0.361 e. The summed E-state index contributed by atoms with van der Waals surface area (Å²) in [6, 6.07) is 12.9. The molecule has 0 bridgehead atoms. The Hall–Kier alpha value is -3.29. The summed E-state index contributed by atoms with van der Waals surface area (Å²) in [5.74, 6) is -0.157. The molecule has 1 N–H and O–H groups in total. The lowest BCUT2D eigenvalue weighted by atomic mass is 9.88. The van der Waals surface area contributed by atoms with Gasteiger partial charge in [-0.1, -0.05) is 62.9 Å². The second kappa shape index (κ2) is 13.2. The molecule has 1 heterocycles. The fourth-order valence-electron chi connectivity index (χ4n) is 5.39. The number of H-pyrrole nitrogens is 1. The van der Waals surface area contributed by atoms with E-state index in [-0.39, 0.29) is 30.8 Å². The van der Waals surface area contributed by atoms with Gasteiger partial charge in [-0.3, -0.25) is 9.59 Å². The SMILES string of the molecule is CCCCN(CC(=O)N(CCc1c[nH]c2ccccc12)Cc1ccc(C(F)(F)F)cc1)C(=O)C1CCCCC1. The number of amides is 2. The molecule has 0 atom stereocenters. The van der Waals surface area contributed by atoms with Gasteiger partial charge >= 0.3 is 6.18 Å². The first-order valence-corrected chi connectivity index (χ1v) is 14.0. The van der Waals surface area contributed by atoms with Crippen molar-refractivity contribution in [2.45, 2.75) is 71.0 Å². The molecule has 4 rings (SSSR count). The van der Waals surface area contributed by atoms with Crippen LogP contribution in [0, 0.1) is 5.92 Å². The largest absolute Gasteiger partial charge is 0.416 e. The van der Waals surface area contributed by atoms with Crippen molar-refractivity contribution in [1.29, 1.82) is 0 Å². The van der Waals surface area contributed by atoms with Gasteiger partial charge in [0.1, 0.15) is 0 Å². The third-order valence-corrected chi connectivity index (χ3v) is 7.71. The minimum absolute atomic E-state index is 0.0101. The summed E-state index contributed by atoms with van der Waals surface area (Å²) in [7, 11) is 0. The molecule has 1 fully saturated rings. The molecule has 2 aromatic carbocycles. The monoisotopic (exact) mass is 541 g/mol. The second-order valence-electron chi connectivity index (χ2n) is 10.6. The molecule has 5 nitrogen and oxygen atoms in total.